The summed E-state index contributed by atoms with van der Waals surface area (Å²) < 4.78 is 11.7. The van der Waals surface area contributed by atoms with Crippen molar-refractivity contribution in [2.24, 2.45) is 5.73 Å². The van der Waals surface area contributed by atoms with Crippen LogP contribution in [0.15, 0.2) is 12.1 Å². The van der Waals surface area contributed by atoms with E-state index in [0.717, 1.165) is 21.5 Å². The van der Waals surface area contributed by atoms with Crippen molar-refractivity contribution in [1.29, 1.82) is 0 Å². The molecule has 4 heteroatoms. The second kappa shape index (κ2) is 3.71. The number of benzene rings is 1. The Morgan fingerprint density at radius 1 is 1.38 bits per heavy atom. The maximum absolute atomic E-state index is 5.50. The van der Waals surface area contributed by atoms with Gasteiger partial charge in [-0.25, -0.2) is 0 Å². The zero-order chi connectivity index (χ0) is 9.26. The second-order valence-corrected chi connectivity index (χ2v) is 3.89. The molecule has 1 aromatic carbocycles. The second-order valence-electron chi connectivity index (χ2n) is 2.81. The zero-order valence-electron chi connectivity index (χ0n) is 7.05. The summed E-state index contributed by atoms with van der Waals surface area (Å²) in [7, 11) is 0. The van der Waals surface area contributed by atoms with Crippen LogP contribution in [0.25, 0.3) is 0 Å². The normalized spacial score (nSPS) is 13.4. The van der Waals surface area contributed by atoms with Gasteiger partial charge in [0.25, 0.3) is 0 Å². The van der Waals surface area contributed by atoms with Crippen LogP contribution >= 0.6 is 22.6 Å². The van der Waals surface area contributed by atoms with E-state index in [1.807, 2.05) is 12.1 Å². The first kappa shape index (κ1) is 9.08. The fourth-order valence-corrected chi connectivity index (χ4v) is 2.20. The molecule has 2 rings (SSSR count). The van der Waals surface area contributed by atoms with Crippen molar-refractivity contribution in [2.45, 2.75) is 6.42 Å². The Hall–Kier alpha value is -0.490. The van der Waals surface area contributed by atoms with Gasteiger partial charge in [-0.1, -0.05) is 6.07 Å². The van der Waals surface area contributed by atoms with E-state index in [1.165, 1.54) is 5.56 Å². The van der Waals surface area contributed by atoms with E-state index >= 15 is 0 Å². The minimum absolute atomic E-state index is 0.331. The van der Waals surface area contributed by atoms with Gasteiger partial charge in [-0.3, -0.25) is 0 Å². The summed E-state index contributed by atoms with van der Waals surface area (Å²) in [5.41, 5.74) is 6.73. The van der Waals surface area contributed by atoms with Crippen LogP contribution in [-0.4, -0.2) is 13.3 Å². The summed E-state index contributed by atoms with van der Waals surface area (Å²) >= 11 is 2.27. The van der Waals surface area contributed by atoms with Gasteiger partial charge in [0.05, 0.1) is 3.57 Å². The number of hydrogen-bond donors (Lipinski definition) is 1. The van der Waals surface area contributed by atoms with Crippen LogP contribution in [-0.2, 0) is 6.42 Å². The maximum atomic E-state index is 5.50. The third-order valence-corrected chi connectivity index (χ3v) is 3.16. The van der Waals surface area contributed by atoms with Crippen molar-refractivity contribution in [2.75, 3.05) is 13.3 Å². The Kier molecular flexibility index (Phi) is 2.59. The molecule has 0 unspecified atom stereocenters. The topological polar surface area (TPSA) is 44.5 Å². The lowest BCUT2D eigenvalue weighted by Gasteiger charge is -2.05. The number of hydrogen-bond acceptors (Lipinski definition) is 3. The molecule has 1 aromatic rings. The molecule has 13 heavy (non-hydrogen) atoms. The van der Waals surface area contributed by atoms with Crippen LogP contribution in [0.4, 0.5) is 0 Å². The summed E-state index contributed by atoms with van der Waals surface area (Å²) in [4.78, 5) is 0. The largest absolute Gasteiger partial charge is 0.454 e. The molecule has 2 N–H and O–H groups in total. The lowest BCUT2D eigenvalue weighted by molar-refractivity contribution is 0.173. The third-order valence-electron chi connectivity index (χ3n) is 1.97. The van der Waals surface area contributed by atoms with Crippen molar-refractivity contribution >= 4 is 22.6 Å². The molecule has 0 amide bonds. The lowest BCUT2D eigenvalue weighted by Crippen LogP contribution is -2.04. The molecule has 1 heterocycles. The molecule has 70 valence electrons. The summed E-state index contributed by atoms with van der Waals surface area (Å²) in [5.74, 6) is 1.71. The first-order valence-electron chi connectivity index (χ1n) is 4.10. The quantitative estimate of drug-likeness (QED) is 0.840. The highest BCUT2D eigenvalue weighted by Crippen LogP contribution is 2.38. The van der Waals surface area contributed by atoms with E-state index in [1.54, 1.807) is 0 Å². The highest BCUT2D eigenvalue weighted by molar-refractivity contribution is 14.1. The molecular weight excluding hydrogens is 281 g/mol. The summed E-state index contributed by atoms with van der Waals surface area (Å²) in [5, 5.41) is 0. The average molecular weight is 291 g/mol. The van der Waals surface area contributed by atoms with E-state index in [2.05, 4.69) is 22.6 Å². The highest BCUT2D eigenvalue weighted by atomic mass is 127. The van der Waals surface area contributed by atoms with Gasteiger partial charge >= 0.3 is 0 Å². The number of halogens is 1. The van der Waals surface area contributed by atoms with Crippen molar-refractivity contribution < 1.29 is 9.47 Å². The van der Waals surface area contributed by atoms with Crippen molar-refractivity contribution in [1.82, 2.24) is 0 Å². The van der Waals surface area contributed by atoms with Crippen LogP contribution in [0.1, 0.15) is 5.56 Å². The predicted molar refractivity (Wildman–Crippen MR) is 58.0 cm³/mol. The minimum Gasteiger partial charge on any atom is -0.454 e. The monoisotopic (exact) mass is 291 g/mol. The molecule has 0 fully saturated rings. The van der Waals surface area contributed by atoms with Gasteiger partial charge in [-0.05, 0) is 47.2 Å². The molecule has 0 spiro atoms. The van der Waals surface area contributed by atoms with Gasteiger partial charge in [0.15, 0.2) is 11.5 Å². The van der Waals surface area contributed by atoms with Gasteiger partial charge < -0.3 is 15.2 Å². The van der Waals surface area contributed by atoms with E-state index in [-0.39, 0.29) is 0 Å². The fourth-order valence-electron chi connectivity index (χ4n) is 1.33. The van der Waals surface area contributed by atoms with Gasteiger partial charge in [0.2, 0.25) is 6.79 Å². The van der Waals surface area contributed by atoms with Crippen molar-refractivity contribution in [3.05, 3.63) is 21.3 Å². The molecule has 0 aliphatic carbocycles. The SMILES string of the molecule is NCCc1ccc2c(c1I)OCO2. The van der Waals surface area contributed by atoms with Crippen molar-refractivity contribution in [3.8, 4) is 11.5 Å². The number of nitrogens with two attached hydrogens (primary N) is 1. The minimum atomic E-state index is 0.331. The Morgan fingerprint density at radius 2 is 2.23 bits per heavy atom. The zero-order valence-corrected chi connectivity index (χ0v) is 9.21. The van der Waals surface area contributed by atoms with Gasteiger partial charge in [0.1, 0.15) is 0 Å². The van der Waals surface area contributed by atoms with E-state index in [0.29, 0.717) is 13.3 Å². The lowest BCUT2D eigenvalue weighted by atomic mass is 10.1. The van der Waals surface area contributed by atoms with Gasteiger partial charge in [-0.15, -0.1) is 0 Å². The highest BCUT2D eigenvalue weighted by Gasteiger charge is 2.18. The Bertz CT molecular complexity index is 328. The van der Waals surface area contributed by atoms with Crippen molar-refractivity contribution in [3.63, 3.8) is 0 Å². The molecule has 0 bridgehead atoms. The number of fused-ring (bicyclic) bond motifs is 1. The van der Waals surface area contributed by atoms with Crippen LogP contribution < -0.4 is 15.2 Å². The number of ether oxygens (including phenoxy) is 2. The molecule has 0 saturated carbocycles. The molecule has 1 aliphatic rings. The Morgan fingerprint density at radius 3 is 3.00 bits per heavy atom. The average Bonchev–Trinajstić information content (AvgIpc) is 2.58. The molecule has 0 saturated heterocycles. The molecule has 0 radical (unpaired) electrons. The summed E-state index contributed by atoms with van der Waals surface area (Å²) in [6, 6.07) is 3.98. The van der Waals surface area contributed by atoms with Crippen LogP contribution in [0, 0.1) is 3.57 Å². The molecular formula is C9H10INO2. The third kappa shape index (κ3) is 1.60. The molecule has 0 aromatic heterocycles. The smallest absolute Gasteiger partial charge is 0.231 e. The van der Waals surface area contributed by atoms with Crippen LogP contribution in [0.3, 0.4) is 0 Å². The van der Waals surface area contributed by atoms with Gasteiger partial charge in [-0.2, -0.15) is 0 Å². The number of rotatable bonds is 2. The molecule has 1 aliphatic heterocycles. The molecule has 0 atom stereocenters. The van der Waals surface area contributed by atoms with Crippen LogP contribution in [0.2, 0.25) is 0 Å². The maximum Gasteiger partial charge on any atom is 0.231 e. The van der Waals surface area contributed by atoms with Crippen LogP contribution in [0.5, 0.6) is 11.5 Å². The van der Waals surface area contributed by atoms with Gasteiger partial charge in [0, 0.05) is 0 Å². The molecule has 3 nitrogen and oxygen atoms in total. The van der Waals surface area contributed by atoms with E-state index < -0.39 is 0 Å². The standard InChI is InChI=1S/C9H10INO2/c10-8-6(3-4-11)1-2-7-9(8)13-5-12-7/h1-2H,3-5,11H2. The first-order valence-corrected chi connectivity index (χ1v) is 5.18. The summed E-state index contributed by atoms with van der Waals surface area (Å²) in [6.07, 6.45) is 0.884. The summed E-state index contributed by atoms with van der Waals surface area (Å²) in [6.45, 7) is 0.993. The van der Waals surface area contributed by atoms with E-state index in [9.17, 15) is 0 Å². The predicted octanol–water partition coefficient (Wildman–Crippen LogP) is 1.52. The fraction of sp³-hybridized carbons (Fsp3) is 0.333. The first-order chi connectivity index (χ1) is 6.33. The Balaban J connectivity index is 2.40. The Labute approximate surface area is 90.3 Å². The van der Waals surface area contributed by atoms with E-state index in [4.69, 9.17) is 15.2 Å².